The average Bonchev–Trinajstić information content (AvgIpc) is 2.32. The lowest BCUT2D eigenvalue weighted by atomic mass is 10.2. The van der Waals surface area contributed by atoms with Crippen molar-refractivity contribution in [2.75, 3.05) is 11.1 Å². The number of rotatable bonds is 5. The second kappa shape index (κ2) is 6.69. The summed E-state index contributed by atoms with van der Waals surface area (Å²) >= 11 is 1.70. The number of anilines is 2. The van der Waals surface area contributed by atoms with Gasteiger partial charge in [0.1, 0.15) is 0 Å². The highest BCUT2D eigenvalue weighted by Gasteiger charge is 2.16. The third kappa shape index (κ3) is 4.26. The number of nitrogens with one attached hydrogen (secondary N) is 1. The molecule has 18 heavy (non-hydrogen) atoms. The number of amides is 1. The van der Waals surface area contributed by atoms with Crippen LogP contribution in [0.3, 0.4) is 0 Å². The summed E-state index contributed by atoms with van der Waals surface area (Å²) in [5, 5.41) is 3.41. The van der Waals surface area contributed by atoms with Gasteiger partial charge in [-0.25, -0.2) is 0 Å². The molecule has 3 N–H and O–H groups in total. The zero-order chi connectivity index (χ0) is 13.7. The van der Waals surface area contributed by atoms with Gasteiger partial charge in [0.25, 0.3) is 0 Å². The van der Waals surface area contributed by atoms with E-state index in [0.717, 1.165) is 17.7 Å². The first-order chi connectivity index (χ1) is 8.43. The summed E-state index contributed by atoms with van der Waals surface area (Å²) in [6.07, 6.45) is 1.07. The highest BCUT2D eigenvalue weighted by Crippen LogP contribution is 2.23. The zero-order valence-electron chi connectivity index (χ0n) is 11.5. The molecule has 1 aromatic carbocycles. The molecular formula is C14H22N2OS. The Morgan fingerprint density at radius 2 is 2.11 bits per heavy atom. The minimum Gasteiger partial charge on any atom is -0.399 e. The fourth-order valence-electron chi connectivity index (χ4n) is 1.57. The van der Waals surface area contributed by atoms with Gasteiger partial charge in [0.05, 0.1) is 5.25 Å². The van der Waals surface area contributed by atoms with E-state index in [4.69, 9.17) is 5.73 Å². The van der Waals surface area contributed by atoms with E-state index in [1.807, 2.05) is 26.0 Å². The number of hydrogen-bond acceptors (Lipinski definition) is 3. The van der Waals surface area contributed by atoms with Crippen molar-refractivity contribution in [2.45, 2.75) is 44.6 Å². The highest BCUT2D eigenvalue weighted by molar-refractivity contribution is 8.01. The smallest absolute Gasteiger partial charge is 0.237 e. The Balaban J connectivity index is 2.64. The Hall–Kier alpha value is -1.16. The second-order valence-corrected chi connectivity index (χ2v) is 6.34. The van der Waals surface area contributed by atoms with Gasteiger partial charge in [0.2, 0.25) is 5.91 Å². The number of hydrogen-bond donors (Lipinski definition) is 2. The van der Waals surface area contributed by atoms with Crippen LogP contribution in [-0.4, -0.2) is 16.4 Å². The monoisotopic (exact) mass is 266 g/mol. The molecule has 1 rings (SSSR count). The maximum absolute atomic E-state index is 12.0. The van der Waals surface area contributed by atoms with Crippen molar-refractivity contribution in [1.29, 1.82) is 0 Å². The molecule has 0 fully saturated rings. The predicted octanol–water partition coefficient (Wildman–Crippen LogP) is 3.44. The van der Waals surface area contributed by atoms with E-state index in [1.165, 1.54) is 0 Å². The van der Waals surface area contributed by atoms with Gasteiger partial charge < -0.3 is 11.1 Å². The normalized spacial score (nSPS) is 14.0. The van der Waals surface area contributed by atoms with E-state index in [2.05, 4.69) is 19.2 Å². The lowest BCUT2D eigenvalue weighted by molar-refractivity contribution is -0.115. The maximum Gasteiger partial charge on any atom is 0.237 e. The van der Waals surface area contributed by atoms with Crippen molar-refractivity contribution in [1.82, 2.24) is 0 Å². The molecule has 4 heteroatoms. The van der Waals surface area contributed by atoms with Crippen LogP contribution in [0.15, 0.2) is 18.2 Å². The van der Waals surface area contributed by atoms with Crippen molar-refractivity contribution >= 4 is 29.0 Å². The molecule has 0 heterocycles. The Morgan fingerprint density at radius 3 is 2.67 bits per heavy atom. The molecule has 0 aliphatic carbocycles. The molecule has 0 saturated heterocycles. The summed E-state index contributed by atoms with van der Waals surface area (Å²) in [6, 6.07) is 5.51. The zero-order valence-corrected chi connectivity index (χ0v) is 12.3. The summed E-state index contributed by atoms with van der Waals surface area (Å²) in [7, 11) is 0. The van der Waals surface area contributed by atoms with Crippen molar-refractivity contribution in [2.24, 2.45) is 0 Å². The molecule has 1 amide bonds. The van der Waals surface area contributed by atoms with Crippen LogP contribution in [-0.2, 0) is 4.79 Å². The second-order valence-electron chi connectivity index (χ2n) is 4.56. The van der Waals surface area contributed by atoms with Crippen LogP contribution in [0.25, 0.3) is 0 Å². The van der Waals surface area contributed by atoms with Crippen LogP contribution in [0.2, 0.25) is 0 Å². The average molecular weight is 266 g/mol. The highest BCUT2D eigenvalue weighted by atomic mass is 32.2. The third-order valence-corrected chi connectivity index (χ3v) is 4.31. The van der Waals surface area contributed by atoms with Crippen molar-refractivity contribution in [3.63, 3.8) is 0 Å². The van der Waals surface area contributed by atoms with Crippen molar-refractivity contribution in [3.8, 4) is 0 Å². The van der Waals surface area contributed by atoms with Gasteiger partial charge in [-0.3, -0.25) is 4.79 Å². The molecule has 1 aromatic rings. The largest absolute Gasteiger partial charge is 0.399 e. The molecule has 0 aliphatic rings. The molecular weight excluding hydrogens is 244 g/mol. The SMILES string of the molecule is CCC(C)SC(C)C(=O)Nc1ccc(N)cc1C. The molecule has 0 spiro atoms. The summed E-state index contributed by atoms with van der Waals surface area (Å²) in [4.78, 5) is 12.0. The van der Waals surface area contributed by atoms with Crippen LogP contribution in [0.1, 0.15) is 32.8 Å². The Kier molecular flexibility index (Phi) is 5.54. The van der Waals surface area contributed by atoms with E-state index >= 15 is 0 Å². The van der Waals surface area contributed by atoms with Crippen molar-refractivity contribution in [3.05, 3.63) is 23.8 Å². The van der Waals surface area contributed by atoms with Crippen LogP contribution < -0.4 is 11.1 Å². The quantitative estimate of drug-likeness (QED) is 0.803. The molecule has 0 aliphatic heterocycles. The minimum absolute atomic E-state index is 0.0445. The van der Waals surface area contributed by atoms with Crippen LogP contribution >= 0.6 is 11.8 Å². The number of carbonyl (C=O) groups is 1. The van der Waals surface area contributed by atoms with Gasteiger partial charge in [-0.05, 0) is 44.0 Å². The predicted molar refractivity (Wildman–Crippen MR) is 81.0 cm³/mol. The number of thioether (sulfide) groups is 1. The Labute approximate surface area is 114 Å². The Morgan fingerprint density at radius 1 is 1.44 bits per heavy atom. The number of nitrogen functional groups attached to an aromatic ring is 1. The van der Waals surface area contributed by atoms with Crippen LogP contribution in [0, 0.1) is 6.92 Å². The summed E-state index contributed by atoms with van der Waals surface area (Å²) in [5.74, 6) is 0.0492. The van der Waals surface area contributed by atoms with Crippen molar-refractivity contribution < 1.29 is 4.79 Å². The van der Waals surface area contributed by atoms with Gasteiger partial charge in [-0.1, -0.05) is 13.8 Å². The molecule has 2 atom stereocenters. The first kappa shape index (κ1) is 14.9. The van der Waals surface area contributed by atoms with Gasteiger partial charge in [-0.15, -0.1) is 11.8 Å². The molecule has 100 valence electrons. The molecule has 0 aromatic heterocycles. The number of nitrogens with two attached hydrogens (primary N) is 1. The fraction of sp³-hybridized carbons (Fsp3) is 0.500. The van der Waals surface area contributed by atoms with E-state index in [9.17, 15) is 4.79 Å². The molecule has 2 unspecified atom stereocenters. The van der Waals surface area contributed by atoms with E-state index < -0.39 is 0 Å². The van der Waals surface area contributed by atoms with E-state index in [-0.39, 0.29) is 11.2 Å². The number of aryl methyl sites for hydroxylation is 1. The molecule has 0 radical (unpaired) electrons. The standard InChI is InChI=1S/C14H22N2OS/c1-5-10(3)18-11(4)14(17)16-13-7-6-12(15)8-9(13)2/h6-8,10-11H,5,15H2,1-4H3,(H,16,17). The van der Waals surface area contributed by atoms with Gasteiger partial charge in [-0.2, -0.15) is 0 Å². The number of carbonyl (C=O) groups excluding carboxylic acids is 1. The van der Waals surface area contributed by atoms with E-state index in [0.29, 0.717) is 10.9 Å². The summed E-state index contributed by atoms with van der Waals surface area (Å²) in [6.45, 7) is 8.16. The third-order valence-electron chi connectivity index (χ3n) is 2.89. The maximum atomic E-state index is 12.0. The molecule has 0 saturated carbocycles. The van der Waals surface area contributed by atoms with Crippen LogP contribution in [0.5, 0.6) is 0 Å². The van der Waals surface area contributed by atoms with Crippen LogP contribution in [0.4, 0.5) is 11.4 Å². The Bertz CT molecular complexity index is 420. The topological polar surface area (TPSA) is 55.1 Å². The fourth-order valence-corrected chi connectivity index (χ4v) is 2.64. The number of benzene rings is 1. The summed E-state index contributed by atoms with van der Waals surface area (Å²) < 4.78 is 0. The van der Waals surface area contributed by atoms with E-state index in [1.54, 1.807) is 17.8 Å². The molecule has 3 nitrogen and oxygen atoms in total. The van der Waals surface area contributed by atoms with Gasteiger partial charge in [0, 0.05) is 16.6 Å². The van der Waals surface area contributed by atoms with Gasteiger partial charge in [0.15, 0.2) is 0 Å². The lowest BCUT2D eigenvalue weighted by Gasteiger charge is -2.16. The molecule has 0 bridgehead atoms. The lowest BCUT2D eigenvalue weighted by Crippen LogP contribution is -2.24. The summed E-state index contributed by atoms with van der Waals surface area (Å²) in [5.41, 5.74) is 8.23. The van der Waals surface area contributed by atoms with Gasteiger partial charge >= 0.3 is 0 Å². The first-order valence-electron chi connectivity index (χ1n) is 6.26. The minimum atomic E-state index is -0.0445. The first-order valence-corrected chi connectivity index (χ1v) is 7.20.